The van der Waals surface area contributed by atoms with Gasteiger partial charge in [0, 0.05) is 100 Å². The lowest BCUT2D eigenvalue weighted by Crippen LogP contribution is -2.54. The summed E-state index contributed by atoms with van der Waals surface area (Å²) in [5.41, 5.74) is 2.58. The molecular weight excluding hydrogens is 544 g/mol. The topological polar surface area (TPSA) is 92.4 Å². The van der Waals surface area contributed by atoms with Crippen molar-refractivity contribution in [2.45, 2.75) is 95.8 Å². The summed E-state index contributed by atoms with van der Waals surface area (Å²) < 4.78 is 16.8. The van der Waals surface area contributed by atoms with E-state index in [0.29, 0.717) is 49.1 Å². The molecule has 9 nitrogen and oxygen atoms in total. The Bertz CT molecular complexity index is 1110. The molecule has 0 unspecified atom stereocenters. The van der Waals surface area contributed by atoms with Gasteiger partial charge >= 0.3 is 0 Å². The maximum Gasteiger partial charge on any atom is 0.254 e. The molecule has 2 saturated heterocycles. The normalized spacial score (nSPS) is 22.1. The van der Waals surface area contributed by atoms with E-state index >= 15 is 0 Å². The molecule has 0 aromatic heterocycles. The van der Waals surface area contributed by atoms with Gasteiger partial charge in [-0.1, -0.05) is 12.2 Å². The molecule has 0 bridgehead atoms. The Kier molecular flexibility index (Phi) is 11.4. The molecule has 238 valence electrons. The number of carbonyl (C=O) groups is 2. The zero-order chi connectivity index (χ0) is 30.2. The summed E-state index contributed by atoms with van der Waals surface area (Å²) in [5.74, 6) is 1.57. The smallest absolute Gasteiger partial charge is 0.254 e. The van der Waals surface area contributed by atoms with Crippen LogP contribution in [0.2, 0.25) is 0 Å². The minimum Gasteiger partial charge on any atom is -0.493 e. The number of rotatable bonds is 14. The molecular formula is C34H52N4O5. The number of piperidine rings is 1. The molecule has 1 aliphatic carbocycles. The minimum absolute atomic E-state index is 0.0414. The first kappa shape index (κ1) is 31.8. The third-order valence-corrected chi connectivity index (χ3v) is 9.34. The summed E-state index contributed by atoms with van der Waals surface area (Å²) >= 11 is 0. The Labute approximate surface area is 257 Å². The molecule has 3 aliphatic heterocycles. The van der Waals surface area contributed by atoms with Gasteiger partial charge in [-0.25, -0.2) is 0 Å². The van der Waals surface area contributed by atoms with Gasteiger partial charge in [0.05, 0.1) is 6.61 Å². The maximum absolute atomic E-state index is 14.0. The van der Waals surface area contributed by atoms with E-state index in [1.807, 2.05) is 17.0 Å². The fourth-order valence-corrected chi connectivity index (χ4v) is 6.78. The Morgan fingerprint density at radius 3 is 2.53 bits per heavy atom. The monoisotopic (exact) mass is 596 g/mol. The summed E-state index contributed by atoms with van der Waals surface area (Å²) in [4.78, 5) is 31.4. The van der Waals surface area contributed by atoms with Gasteiger partial charge in [0.25, 0.3) is 5.91 Å². The van der Waals surface area contributed by atoms with E-state index in [0.717, 1.165) is 101 Å². The predicted molar refractivity (Wildman–Crippen MR) is 170 cm³/mol. The summed E-state index contributed by atoms with van der Waals surface area (Å²) in [6.45, 7) is 9.26. The van der Waals surface area contributed by atoms with Gasteiger partial charge < -0.3 is 34.6 Å². The van der Waals surface area contributed by atoms with Gasteiger partial charge in [-0.15, -0.1) is 0 Å². The molecule has 0 radical (unpaired) electrons. The highest BCUT2D eigenvalue weighted by atomic mass is 16.5. The molecule has 2 atom stereocenters. The van der Waals surface area contributed by atoms with Crippen molar-refractivity contribution in [2.24, 2.45) is 5.92 Å². The lowest BCUT2D eigenvalue weighted by molar-refractivity contribution is -0.133. The summed E-state index contributed by atoms with van der Waals surface area (Å²) in [5, 5.41) is 7.15. The quantitative estimate of drug-likeness (QED) is 0.301. The minimum atomic E-state index is 0.0414. The molecule has 3 fully saturated rings. The number of ether oxygens (including phenoxy) is 3. The molecule has 1 aromatic carbocycles. The fraction of sp³-hybridized carbons (Fsp3) is 0.706. The van der Waals surface area contributed by atoms with Crippen molar-refractivity contribution in [1.82, 2.24) is 15.1 Å². The molecule has 1 aromatic rings. The number of anilines is 1. The van der Waals surface area contributed by atoms with Crippen LogP contribution in [0.4, 0.5) is 5.69 Å². The van der Waals surface area contributed by atoms with Crippen LogP contribution >= 0.6 is 0 Å². The van der Waals surface area contributed by atoms with Crippen LogP contribution < -0.4 is 15.4 Å². The highest BCUT2D eigenvalue weighted by molar-refractivity contribution is 5.97. The van der Waals surface area contributed by atoms with Gasteiger partial charge in [-0.3, -0.25) is 9.59 Å². The fourth-order valence-electron chi connectivity index (χ4n) is 6.78. The number of hydrogen-bond donors (Lipinski definition) is 2. The van der Waals surface area contributed by atoms with E-state index in [2.05, 4.69) is 41.5 Å². The second-order valence-corrected chi connectivity index (χ2v) is 12.9. The molecule has 5 rings (SSSR count). The van der Waals surface area contributed by atoms with Crippen LogP contribution in [0.15, 0.2) is 18.2 Å². The van der Waals surface area contributed by atoms with E-state index in [-0.39, 0.29) is 18.0 Å². The number of carbonyl (C=O) groups excluding carboxylic acids is 2. The first-order valence-corrected chi connectivity index (χ1v) is 16.6. The van der Waals surface area contributed by atoms with Crippen LogP contribution in [-0.4, -0.2) is 99.0 Å². The maximum atomic E-state index is 14.0. The van der Waals surface area contributed by atoms with Crippen molar-refractivity contribution in [1.29, 1.82) is 0 Å². The first-order chi connectivity index (χ1) is 20.9. The largest absolute Gasteiger partial charge is 0.493 e. The summed E-state index contributed by atoms with van der Waals surface area (Å²) in [6.07, 6.45) is 12.8. The molecule has 2 amide bonds. The second kappa shape index (κ2) is 15.4. The highest BCUT2D eigenvalue weighted by Crippen LogP contribution is 2.34. The van der Waals surface area contributed by atoms with Crippen LogP contribution in [0.5, 0.6) is 5.75 Å². The van der Waals surface area contributed by atoms with Crippen LogP contribution in [0, 0.1) is 5.92 Å². The second-order valence-electron chi connectivity index (χ2n) is 12.9. The van der Waals surface area contributed by atoms with Gasteiger partial charge in [-0.05, 0) is 76.8 Å². The standard InChI is InChI=1S/C34H52N4O5/c1-24(2)38(34(40)26-21-31-30(6-4-14-35-31)32(22-26)43-17-5-16-41-3)29-8-7-27(36-23-29)11-15-37(28-9-10-28)33(39)20-25-12-18-42-19-13-25/h4,6,21-22,24-25,27-29,35-36H,5,7-20,23H2,1-3H3/t27-,29-/m1/s1. The van der Waals surface area contributed by atoms with E-state index in [1.165, 1.54) is 0 Å². The Hall–Kier alpha value is -2.62. The molecule has 2 N–H and O–H groups in total. The van der Waals surface area contributed by atoms with E-state index < -0.39 is 0 Å². The lowest BCUT2D eigenvalue weighted by Gasteiger charge is -2.40. The van der Waals surface area contributed by atoms with E-state index in [9.17, 15) is 9.59 Å². The predicted octanol–water partition coefficient (Wildman–Crippen LogP) is 4.71. The number of methoxy groups -OCH3 is 1. The summed E-state index contributed by atoms with van der Waals surface area (Å²) in [7, 11) is 1.69. The lowest BCUT2D eigenvalue weighted by atomic mass is 9.94. The Morgan fingerprint density at radius 1 is 1.05 bits per heavy atom. The van der Waals surface area contributed by atoms with E-state index in [4.69, 9.17) is 14.2 Å². The zero-order valence-corrected chi connectivity index (χ0v) is 26.4. The van der Waals surface area contributed by atoms with Crippen molar-refractivity contribution in [3.63, 3.8) is 0 Å². The third-order valence-electron chi connectivity index (χ3n) is 9.34. The van der Waals surface area contributed by atoms with Crippen LogP contribution in [-0.2, 0) is 14.3 Å². The average molecular weight is 597 g/mol. The third kappa shape index (κ3) is 8.52. The number of amides is 2. The van der Waals surface area contributed by atoms with Crippen LogP contribution in [0.3, 0.4) is 0 Å². The molecule has 3 heterocycles. The van der Waals surface area contributed by atoms with Crippen molar-refractivity contribution in [3.05, 3.63) is 29.3 Å². The number of nitrogens with one attached hydrogen (secondary N) is 2. The van der Waals surface area contributed by atoms with Crippen molar-refractivity contribution in [2.75, 3.05) is 58.5 Å². The van der Waals surface area contributed by atoms with Gasteiger partial charge in [0.2, 0.25) is 5.91 Å². The van der Waals surface area contributed by atoms with Crippen molar-refractivity contribution < 1.29 is 23.8 Å². The molecule has 9 heteroatoms. The highest BCUT2D eigenvalue weighted by Gasteiger charge is 2.35. The van der Waals surface area contributed by atoms with Crippen molar-refractivity contribution in [3.8, 4) is 5.75 Å². The number of benzene rings is 1. The number of hydrogen-bond acceptors (Lipinski definition) is 7. The van der Waals surface area contributed by atoms with Gasteiger partial charge in [0.15, 0.2) is 0 Å². The summed E-state index contributed by atoms with van der Waals surface area (Å²) in [6, 6.07) is 4.87. The van der Waals surface area contributed by atoms with E-state index in [1.54, 1.807) is 7.11 Å². The molecule has 0 spiro atoms. The Morgan fingerprint density at radius 2 is 1.84 bits per heavy atom. The SMILES string of the molecule is COCCCOc1cc(C(=O)N(C(C)C)[C@@H]2CC[C@H](CCN(C(=O)CC3CCOCC3)C3CC3)NC2)cc2c1C=CCN2. The molecule has 1 saturated carbocycles. The Balaban J connectivity index is 1.17. The number of fused-ring (bicyclic) bond motifs is 1. The average Bonchev–Trinajstić information content (AvgIpc) is 3.86. The molecule has 43 heavy (non-hydrogen) atoms. The van der Waals surface area contributed by atoms with Gasteiger partial charge in [0.1, 0.15) is 5.75 Å². The van der Waals surface area contributed by atoms with Crippen LogP contribution in [0.1, 0.15) is 87.6 Å². The molecule has 4 aliphatic rings. The van der Waals surface area contributed by atoms with Gasteiger partial charge in [-0.2, -0.15) is 0 Å². The first-order valence-electron chi connectivity index (χ1n) is 16.6. The van der Waals surface area contributed by atoms with Crippen molar-refractivity contribution >= 4 is 23.6 Å². The zero-order valence-electron chi connectivity index (χ0n) is 26.4. The van der Waals surface area contributed by atoms with Crippen LogP contribution in [0.25, 0.3) is 6.08 Å². The number of nitrogens with zero attached hydrogens (tertiary/aromatic N) is 2.